The van der Waals surface area contributed by atoms with Crippen LogP contribution in [0.1, 0.15) is 52.9 Å². The molecule has 2 N–H and O–H groups in total. The zero-order valence-electron chi connectivity index (χ0n) is 26.4. The number of aromatic nitrogens is 1. The number of ether oxygens (including phenoxy) is 2. The smallest absolute Gasteiger partial charge is 0.246 e. The number of fused-ring (bicyclic) bond motifs is 3. The van der Waals surface area contributed by atoms with Crippen LogP contribution >= 0.6 is 0 Å². The van der Waals surface area contributed by atoms with Crippen LogP contribution in [0.15, 0.2) is 66.7 Å². The quantitative estimate of drug-likeness (QED) is 0.401. The molecule has 0 radical (unpaired) electrons. The predicted octanol–water partition coefficient (Wildman–Crippen LogP) is 5.03. The average Bonchev–Trinajstić information content (AvgIpc) is 3.61. The van der Waals surface area contributed by atoms with Gasteiger partial charge in [0.05, 0.1) is 24.9 Å². The fourth-order valence-electron chi connectivity index (χ4n) is 6.28. The second-order valence-electron chi connectivity index (χ2n) is 13.4. The molecule has 3 amide bonds. The number of nitrogens with one attached hydrogen (secondary N) is 2. The van der Waals surface area contributed by atoms with Crippen molar-refractivity contribution < 1.29 is 23.9 Å². The van der Waals surface area contributed by atoms with Crippen LogP contribution < -0.4 is 20.1 Å². The Morgan fingerprint density at radius 2 is 1.78 bits per heavy atom. The van der Waals surface area contributed by atoms with Gasteiger partial charge in [0.15, 0.2) is 0 Å². The van der Waals surface area contributed by atoms with Crippen molar-refractivity contribution >= 4 is 28.6 Å². The number of benzene rings is 2. The van der Waals surface area contributed by atoms with Crippen molar-refractivity contribution in [3.05, 3.63) is 66.7 Å². The van der Waals surface area contributed by atoms with Gasteiger partial charge in [-0.3, -0.25) is 14.4 Å². The van der Waals surface area contributed by atoms with Crippen molar-refractivity contribution in [1.29, 1.82) is 0 Å². The lowest BCUT2D eigenvalue weighted by molar-refractivity contribution is -0.144. The molecule has 9 heteroatoms. The average molecular weight is 611 g/mol. The van der Waals surface area contributed by atoms with Gasteiger partial charge < -0.3 is 25.0 Å². The molecule has 3 aromatic rings. The summed E-state index contributed by atoms with van der Waals surface area (Å²) in [5.74, 6) is 0.981. The van der Waals surface area contributed by atoms with Crippen LogP contribution in [0.25, 0.3) is 22.2 Å². The summed E-state index contributed by atoms with van der Waals surface area (Å²) < 4.78 is 12.2. The predicted molar refractivity (Wildman–Crippen MR) is 173 cm³/mol. The Balaban J connectivity index is 1.34. The van der Waals surface area contributed by atoms with E-state index < -0.39 is 23.6 Å². The molecule has 1 saturated carbocycles. The van der Waals surface area contributed by atoms with E-state index in [0.29, 0.717) is 30.8 Å². The monoisotopic (exact) mass is 610 g/mol. The minimum atomic E-state index is -0.785. The normalized spacial score (nSPS) is 25.8. The SMILES string of the molecule is COc1ccc2c(OC3CC4C(=O)NC5CC5C=CCCCC(=O)NC(C(C)(C)C)C(=O)N4C3)cc(-c3ccccc3)nc2c1. The zero-order valence-corrected chi connectivity index (χ0v) is 26.4. The van der Waals surface area contributed by atoms with Crippen LogP contribution in [0.2, 0.25) is 0 Å². The van der Waals surface area contributed by atoms with E-state index in [9.17, 15) is 14.4 Å². The van der Waals surface area contributed by atoms with Gasteiger partial charge in [-0.25, -0.2) is 4.98 Å². The van der Waals surface area contributed by atoms with Gasteiger partial charge in [-0.05, 0) is 42.7 Å². The first-order valence-electron chi connectivity index (χ1n) is 15.9. The number of allylic oxidation sites excluding steroid dienone is 1. The Morgan fingerprint density at radius 3 is 2.53 bits per heavy atom. The van der Waals surface area contributed by atoms with Crippen LogP contribution in [-0.4, -0.2) is 65.5 Å². The molecule has 2 aliphatic heterocycles. The third-order valence-electron chi connectivity index (χ3n) is 8.93. The van der Waals surface area contributed by atoms with Crippen LogP contribution in [-0.2, 0) is 14.4 Å². The number of rotatable bonds is 4. The maximum Gasteiger partial charge on any atom is 0.246 e. The number of carbonyl (C=O) groups excluding carboxylic acids is 3. The fraction of sp³-hybridized carbons (Fsp3) is 0.444. The van der Waals surface area contributed by atoms with E-state index in [1.165, 1.54) is 0 Å². The summed E-state index contributed by atoms with van der Waals surface area (Å²) in [4.78, 5) is 47.5. The molecular formula is C36H42N4O5. The number of pyridine rings is 1. The van der Waals surface area contributed by atoms with Crippen molar-refractivity contribution in [2.75, 3.05) is 13.7 Å². The first kappa shape index (κ1) is 30.6. The lowest BCUT2D eigenvalue weighted by atomic mass is 9.85. The highest BCUT2D eigenvalue weighted by Crippen LogP contribution is 2.36. The number of amides is 3. The van der Waals surface area contributed by atoms with E-state index in [1.807, 2.05) is 75.4 Å². The Labute approximate surface area is 264 Å². The molecule has 1 saturated heterocycles. The van der Waals surface area contributed by atoms with Gasteiger partial charge in [0.2, 0.25) is 17.7 Å². The third-order valence-corrected chi connectivity index (χ3v) is 8.93. The molecule has 3 aliphatic rings. The van der Waals surface area contributed by atoms with Gasteiger partial charge in [0.1, 0.15) is 29.7 Å². The molecule has 2 aromatic carbocycles. The number of hydrogen-bond acceptors (Lipinski definition) is 6. The second-order valence-corrected chi connectivity index (χ2v) is 13.4. The summed E-state index contributed by atoms with van der Waals surface area (Å²) >= 11 is 0. The molecule has 236 valence electrons. The van der Waals surface area contributed by atoms with Gasteiger partial charge in [-0.2, -0.15) is 0 Å². The first-order valence-corrected chi connectivity index (χ1v) is 15.9. The summed E-state index contributed by atoms with van der Waals surface area (Å²) in [7, 11) is 1.62. The molecule has 1 aromatic heterocycles. The van der Waals surface area contributed by atoms with E-state index in [2.05, 4.69) is 22.8 Å². The molecule has 1 aliphatic carbocycles. The van der Waals surface area contributed by atoms with Gasteiger partial charge in [-0.1, -0.05) is 63.3 Å². The van der Waals surface area contributed by atoms with Gasteiger partial charge in [0, 0.05) is 42.0 Å². The summed E-state index contributed by atoms with van der Waals surface area (Å²) in [6.07, 6.45) is 6.82. The lowest BCUT2D eigenvalue weighted by Gasteiger charge is -2.35. The van der Waals surface area contributed by atoms with Crippen molar-refractivity contribution in [1.82, 2.24) is 20.5 Å². The van der Waals surface area contributed by atoms with Crippen LogP contribution in [0, 0.1) is 11.3 Å². The topological polar surface area (TPSA) is 110 Å². The summed E-state index contributed by atoms with van der Waals surface area (Å²) in [6.45, 7) is 6.02. The molecule has 45 heavy (non-hydrogen) atoms. The molecule has 2 fully saturated rings. The van der Waals surface area contributed by atoms with Gasteiger partial charge >= 0.3 is 0 Å². The summed E-state index contributed by atoms with van der Waals surface area (Å²) in [6, 6.07) is 16.0. The molecule has 0 spiro atoms. The Hall–Kier alpha value is -4.40. The van der Waals surface area contributed by atoms with Crippen LogP contribution in [0.4, 0.5) is 0 Å². The minimum Gasteiger partial charge on any atom is -0.497 e. The molecule has 3 heterocycles. The minimum absolute atomic E-state index is 0.0570. The Morgan fingerprint density at radius 1 is 0.978 bits per heavy atom. The summed E-state index contributed by atoms with van der Waals surface area (Å²) in [5, 5.41) is 6.99. The maximum atomic E-state index is 14.3. The zero-order chi connectivity index (χ0) is 31.7. The maximum absolute atomic E-state index is 14.3. The highest BCUT2D eigenvalue weighted by atomic mass is 16.5. The molecular weight excluding hydrogens is 568 g/mol. The van der Waals surface area contributed by atoms with Crippen molar-refractivity contribution in [2.24, 2.45) is 11.3 Å². The number of carbonyl (C=O) groups is 3. The van der Waals surface area contributed by atoms with Gasteiger partial charge in [-0.15, -0.1) is 0 Å². The molecule has 9 nitrogen and oxygen atoms in total. The highest BCUT2D eigenvalue weighted by molar-refractivity contribution is 5.94. The molecule has 5 unspecified atom stereocenters. The summed E-state index contributed by atoms with van der Waals surface area (Å²) in [5.41, 5.74) is 1.84. The van der Waals surface area contributed by atoms with Crippen LogP contribution in [0.3, 0.4) is 0 Å². The van der Waals surface area contributed by atoms with E-state index >= 15 is 0 Å². The molecule has 6 rings (SSSR count). The first-order chi connectivity index (χ1) is 21.6. The fourth-order valence-corrected chi connectivity index (χ4v) is 6.28. The standard InChI is InChI=1S/C36H42N4O5/c1-36(2,3)33-35(43)40-21-25(19-30(40)34(42)38-27-17-23(27)13-9-6-10-14-32(41)39-33)45-31-20-28(22-11-7-5-8-12-22)37-29-18-24(44-4)15-16-26(29)31/h5,7-9,11-13,15-16,18,20,23,25,27,30,33H,6,10,14,17,19,21H2,1-4H3,(H,38,42)(H,39,41). The van der Waals surface area contributed by atoms with Crippen molar-refractivity contribution in [3.8, 4) is 22.8 Å². The third kappa shape index (κ3) is 6.82. The Kier molecular flexibility index (Phi) is 8.53. The second kappa shape index (κ2) is 12.5. The largest absolute Gasteiger partial charge is 0.497 e. The van der Waals surface area contributed by atoms with Gasteiger partial charge in [0.25, 0.3) is 0 Å². The number of nitrogens with zero attached hydrogens (tertiary/aromatic N) is 2. The van der Waals surface area contributed by atoms with E-state index in [-0.39, 0.29) is 36.2 Å². The lowest BCUT2D eigenvalue weighted by Crippen LogP contribution is -2.58. The molecule has 5 atom stereocenters. The van der Waals surface area contributed by atoms with E-state index in [4.69, 9.17) is 14.5 Å². The molecule has 0 bridgehead atoms. The van der Waals surface area contributed by atoms with E-state index in [0.717, 1.165) is 35.0 Å². The van der Waals surface area contributed by atoms with Crippen molar-refractivity contribution in [3.63, 3.8) is 0 Å². The Bertz CT molecular complexity index is 1610. The number of hydrogen-bond donors (Lipinski definition) is 2. The van der Waals surface area contributed by atoms with Crippen molar-refractivity contribution in [2.45, 2.75) is 77.1 Å². The van der Waals surface area contributed by atoms with Crippen LogP contribution in [0.5, 0.6) is 11.5 Å². The number of methoxy groups -OCH3 is 1. The highest BCUT2D eigenvalue weighted by Gasteiger charge is 2.47. The van der Waals surface area contributed by atoms with E-state index in [1.54, 1.807) is 12.0 Å².